The fourth-order valence-corrected chi connectivity index (χ4v) is 3.17. The summed E-state index contributed by atoms with van der Waals surface area (Å²) >= 11 is 0. The number of alkyl halides is 3. The van der Waals surface area contributed by atoms with Crippen LogP contribution in [0.25, 0.3) is 6.08 Å². The second kappa shape index (κ2) is 9.74. The number of carbonyl (C=O) groups is 1. The van der Waals surface area contributed by atoms with Gasteiger partial charge in [-0.1, -0.05) is 12.1 Å². The molecule has 1 aliphatic rings. The molecule has 0 unspecified atom stereocenters. The molecule has 0 bridgehead atoms. The first kappa shape index (κ1) is 23.0. The van der Waals surface area contributed by atoms with Crippen LogP contribution >= 0.6 is 0 Å². The minimum absolute atomic E-state index is 0.297. The zero-order valence-corrected chi connectivity index (χ0v) is 17.6. The van der Waals surface area contributed by atoms with Crippen LogP contribution in [0.15, 0.2) is 71.9 Å². The van der Waals surface area contributed by atoms with Gasteiger partial charge in [0.25, 0.3) is 0 Å². The van der Waals surface area contributed by atoms with Gasteiger partial charge in [-0.15, -0.1) is 0 Å². The van der Waals surface area contributed by atoms with E-state index in [2.05, 4.69) is 20.6 Å². The number of nitrogens with zero attached hydrogens (tertiary/aromatic N) is 2. The van der Waals surface area contributed by atoms with Gasteiger partial charge >= 0.3 is 6.18 Å². The Morgan fingerprint density at radius 2 is 1.91 bits per heavy atom. The molecule has 10 heteroatoms. The van der Waals surface area contributed by atoms with E-state index in [0.717, 1.165) is 18.7 Å². The largest absolute Gasteiger partial charge is 0.457 e. The molecule has 1 aliphatic heterocycles. The predicted octanol–water partition coefficient (Wildman–Crippen LogP) is 5.03. The smallest absolute Gasteiger partial charge is 0.416 e. The number of amides is 1. The van der Waals surface area contributed by atoms with E-state index in [1.165, 1.54) is 6.08 Å². The molecule has 0 atom stereocenters. The minimum Gasteiger partial charge on any atom is -0.457 e. The van der Waals surface area contributed by atoms with Crippen LogP contribution in [0.5, 0.6) is 11.5 Å². The summed E-state index contributed by atoms with van der Waals surface area (Å²) in [6.45, 7) is 1.44. The van der Waals surface area contributed by atoms with Crippen molar-refractivity contribution in [1.29, 1.82) is 0 Å². The van der Waals surface area contributed by atoms with E-state index in [9.17, 15) is 22.4 Å². The maximum atomic E-state index is 13.5. The number of ether oxygens (including phenoxy) is 1. The summed E-state index contributed by atoms with van der Waals surface area (Å²) in [5.41, 5.74) is -0.215. The summed E-state index contributed by atoms with van der Waals surface area (Å²) in [6.07, 6.45) is -0.528. The number of aromatic nitrogens is 1. The number of hydrogen-bond acceptors (Lipinski definition) is 5. The Kier molecular flexibility index (Phi) is 6.58. The van der Waals surface area contributed by atoms with E-state index < -0.39 is 23.5 Å². The van der Waals surface area contributed by atoms with Crippen molar-refractivity contribution in [2.75, 3.05) is 18.4 Å². The fourth-order valence-electron chi connectivity index (χ4n) is 3.17. The Morgan fingerprint density at radius 1 is 1.09 bits per heavy atom. The third-order valence-electron chi connectivity index (χ3n) is 4.66. The van der Waals surface area contributed by atoms with Crippen molar-refractivity contribution >= 4 is 23.5 Å². The number of amidine groups is 1. The number of benzene rings is 2. The maximum Gasteiger partial charge on any atom is 0.416 e. The van der Waals surface area contributed by atoms with Crippen molar-refractivity contribution in [2.45, 2.75) is 6.18 Å². The van der Waals surface area contributed by atoms with Crippen LogP contribution in [0.1, 0.15) is 16.8 Å². The van der Waals surface area contributed by atoms with E-state index in [-0.39, 0.29) is 5.69 Å². The first-order valence-corrected chi connectivity index (χ1v) is 10.2. The molecule has 0 radical (unpaired) electrons. The standard InChI is InChI=1S/C24H18F4N4O2/c25-17-11-16(24(26,27)28)12-18(13-17)32-22(33)5-4-15-2-1-3-19(10-15)34-20-6-7-29-21(14-20)23-30-8-9-31-23/h1-7,10-14H,8-9H2,(H,30,31)(H,32,33). The maximum absolute atomic E-state index is 13.5. The zero-order chi connectivity index (χ0) is 24.1. The van der Waals surface area contributed by atoms with Gasteiger partial charge < -0.3 is 15.4 Å². The number of nitrogens with one attached hydrogen (secondary N) is 2. The topological polar surface area (TPSA) is 75.6 Å². The molecule has 6 nitrogen and oxygen atoms in total. The number of halogens is 4. The highest BCUT2D eigenvalue weighted by Crippen LogP contribution is 2.31. The molecular formula is C24H18F4N4O2. The summed E-state index contributed by atoms with van der Waals surface area (Å²) in [5.74, 6) is -0.0655. The van der Waals surface area contributed by atoms with E-state index in [1.54, 1.807) is 42.6 Å². The molecule has 1 aromatic heterocycles. The summed E-state index contributed by atoms with van der Waals surface area (Å²) in [6, 6.07) is 12.1. The molecule has 0 saturated heterocycles. The number of carbonyl (C=O) groups excluding carboxylic acids is 1. The Balaban J connectivity index is 1.42. The quantitative estimate of drug-likeness (QED) is 0.391. The Morgan fingerprint density at radius 3 is 2.68 bits per heavy atom. The summed E-state index contributed by atoms with van der Waals surface area (Å²) in [4.78, 5) is 20.7. The lowest BCUT2D eigenvalue weighted by molar-refractivity contribution is -0.137. The highest BCUT2D eigenvalue weighted by atomic mass is 19.4. The number of anilines is 1. The Labute approximate surface area is 192 Å². The predicted molar refractivity (Wildman–Crippen MR) is 119 cm³/mol. The van der Waals surface area contributed by atoms with Gasteiger partial charge in [-0.25, -0.2) is 4.39 Å². The van der Waals surface area contributed by atoms with Crippen molar-refractivity contribution in [2.24, 2.45) is 4.99 Å². The lowest BCUT2D eigenvalue weighted by Gasteiger charge is -2.09. The van der Waals surface area contributed by atoms with Gasteiger partial charge in [0, 0.05) is 30.6 Å². The van der Waals surface area contributed by atoms with Gasteiger partial charge in [-0.3, -0.25) is 14.8 Å². The number of pyridine rings is 1. The molecule has 3 aromatic rings. The van der Waals surface area contributed by atoms with Crippen molar-refractivity contribution in [3.05, 3.63) is 89.5 Å². The third-order valence-corrected chi connectivity index (χ3v) is 4.66. The summed E-state index contributed by atoms with van der Waals surface area (Å²) < 4.78 is 57.9. The molecule has 0 fully saturated rings. The second-order valence-corrected chi connectivity index (χ2v) is 7.26. The molecule has 0 saturated carbocycles. The van der Waals surface area contributed by atoms with Gasteiger partial charge in [0.2, 0.25) is 5.91 Å². The Hall–Kier alpha value is -4.21. The van der Waals surface area contributed by atoms with Crippen molar-refractivity contribution in [1.82, 2.24) is 10.3 Å². The first-order valence-electron chi connectivity index (χ1n) is 10.2. The van der Waals surface area contributed by atoms with Gasteiger partial charge in [0.05, 0.1) is 12.1 Å². The van der Waals surface area contributed by atoms with E-state index in [1.807, 2.05) is 0 Å². The number of aliphatic imine (C=N–C) groups is 1. The second-order valence-electron chi connectivity index (χ2n) is 7.26. The number of hydrogen-bond donors (Lipinski definition) is 2. The van der Waals surface area contributed by atoms with Crippen LogP contribution in [0.4, 0.5) is 23.2 Å². The highest BCUT2D eigenvalue weighted by Gasteiger charge is 2.31. The molecule has 4 rings (SSSR count). The van der Waals surface area contributed by atoms with Crippen molar-refractivity contribution < 1.29 is 27.1 Å². The van der Waals surface area contributed by atoms with Crippen molar-refractivity contribution in [3.8, 4) is 11.5 Å². The lowest BCUT2D eigenvalue weighted by Crippen LogP contribution is -2.20. The highest BCUT2D eigenvalue weighted by molar-refractivity contribution is 6.02. The molecular weight excluding hydrogens is 452 g/mol. The molecule has 2 N–H and O–H groups in total. The SMILES string of the molecule is O=C(C=Cc1cccc(Oc2ccnc(C3=NCCN3)c2)c1)Nc1cc(F)cc(C(F)(F)F)c1. The van der Waals surface area contributed by atoms with Gasteiger partial charge in [-0.05, 0) is 48.0 Å². The zero-order valence-electron chi connectivity index (χ0n) is 17.6. The van der Waals surface area contributed by atoms with Gasteiger partial charge in [0.1, 0.15) is 28.8 Å². The molecule has 2 aromatic carbocycles. The molecule has 0 spiro atoms. The molecule has 2 heterocycles. The van der Waals surface area contributed by atoms with E-state index in [0.29, 0.717) is 47.3 Å². The van der Waals surface area contributed by atoms with Crippen LogP contribution in [0.2, 0.25) is 0 Å². The molecule has 1 amide bonds. The van der Waals surface area contributed by atoms with E-state index >= 15 is 0 Å². The van der Waals surface area contributed by atoms with Gasteiger partial charge in [-0.2, -0.15) is 13.2 Å². The Bertz CT molecular complexity index is 1270. The monoisotopic (exact) mass is 470 g/mol. The van der Waals surface area contributed by atoms with Crippen LogP contribution in [0, 0.1) is 5.82 Å². The average molecular weight is 470 g/mol. The molecule has 34 heavy (non-hydrogen) atoms. The molecule has 174 valence electrons. The van der Waals surface area contributed by atoms with Gasteiger partial charge in [0.15, 0.2) is 0 Å². The third kappa shape index (κ3) is 5.97. The van der Waals surface area contributed by atoms with Crippen LogP contribution in [0.3, 0.4) is 0 Å². The van der Waals surface area contributed by atoms with Crippen LogP contribution in [-0.4, -0.2) is 29.8 Å². The lowest BCUT2D eigenvalue weighted by atomic mass is 10.1. The minimum atomic E-state index is -4.73. The van der Waals surface area contributed by atoms with Crippen LogP contribution in [-0.2, 0) is 11.0 Å². The molecule has 0 aliphatic carbocycles. The first-order chi connectivity index (χ1) is 16.3. The normalized spacial score (nSPS) is 13.5. The number of rotatable bonds is 6. The van der Waals surface area contributed by atoms with Crippen LogP contribution < -0.4 is 15.4 Å². The summed E-state index contributed by atoms with van der Waals surface area (Å²) in [7, 11) is 0. The average Bonchev–Trinajstić information content (AvgIpc) is 3.32. The van der Waals surface area contributed by atoms with Crippen molar-refractivity contribution in [3.63, 3.8) is 0 Å². The van der Waals surface area contributed by atoms with E-state index in [4.69, 9.17) is 4.74 Å². The summed E-state index contributed by atoms with van der Waals surface area (Å²) in [5, 5.41) is 5.37. The fraction of sp³-hybridized carbons (Fsp3) is 0.125.